The molecule has 2 unspecified atom stereocenters. The van der Waals surface area contributed by atoms with Crippen LogP contribution in [0.25, 0.3) is 0 Å². The van der Waals surface area contributed by atoms with E-state index in [-0.39, 0.29) is 0 Å². The molecular formula is C28H60N2O. The van der Waals surface area contributed by atoms with Crippen molar-refractivity contribution in [1.82, 2.24) is 9.80 Å². The molecule has 0 aromatic carbocycles. The summed E-state index contributed by atoms with van der Waals surface area (Å²) in [5.74, 6) is 2.73. The van der Waals surface area contributed by atoms with E-state index in [1.165, 1.54) is 64.7 Å². The van der Waals surface area contributed by atoms with E-state index < -0.39 is 0 Å². The van der Waals surface area contributed by atoms with E-state index in [4.69, 9.17) is 4.74 Å². The van der Waals surface area contributed by atoms with Gasteiger partial charge in [-0.3, -0.25) is 0 Å². The molecule has 188 valence electrons. The van der Waals surface area contributed by atoms with Gasteiger partial charge >= 0.3 is 0 Å². The predicted octanol–water partition coefficient (Wildman–Crippen LogP) is 7.21. The second kappa shape index (κ2) is 15.7. The topological polar surface area (TPSA) is 15.7 Å². The molecule has 31 heavy (non-hydrogen) atoms. The summed E-state index contributed by atoms with van der Waals surface area (Å²) in [5.41, 5.74) is 0.998. The molecule has 0 aromatic heterocycles. The van der Waals surface area contributed by atoms with Gasteiger partial charge in [-0.1, -0.05) is 68.7 Å². The van der Waals surface area contributed by atoms with Crippen LogP contribution in [0, 0.1) is 28.6 Å². The molecule has 3 heterocycles. The molecule has 0 N–H and O–H groups in total. The van der Waals surface area contributed by atoms with Gasteiger partial charge in [0.2, 0.25) is 0 Å². The van der Waals surface area contributed by atoms with Gasteiger partial charge in [0.05, 0.1) is 0 Å². The van der Waals surface area contributed by atoms with Gasteiger partial charge in [-0.2, -0.15) is 0 Å². The fourth-order valence-corrected chi connectivity index (χ4v) is 4.59. The van der Waals surface area contributed by atoms with E-state index in [2.05, 4.69) is 86.2 Å². The molecule has 0 saturated carbocycles. The van der Waals surface area contributed by atoms with Gasteiger partial charge in [0.15, 0.2) is 0 Å². The van der Waals surface area contributed by atoms with Gasteiger partial charge < -0.3 is 14.5 Å². The van der Waals surface area contributed by atoms with Crippen molar-refractivity contribution in [2.24, 2.45) is 28.6 Å². The molecule has 0 aliphatic carbocycles. The maximum absolute atomic E-state index is 5.29. The van der Waals surface area contributed by atoms with E-state index in [0.29, 0.717) is 10.8 Å². The smallest absolute Gasteiger partial charge is 0.0468 e. The minimum absolute atomic E-state index is 0.490. The Labute approximate surface area is 197 Å². The lowest BCUT2D eigenvalue weighted by atomic mass is 9.76. The highest BCUT2D eigenvalue weighted by Crippen LogP contribution is 2.33. The lowest BCUT2D eigenvalue weighted by Gasteiger charge is -2.38. The van der Waals surface area contributed by atoms with E-state index in [1.807, 2.05) is 0 Å². The van der Waals surface area contributed by atoms with Gasteiger partial charge in [-0.05, 0) is 87.9 Å². The van der Waals surface area contributed by atoms with Crippen molar-refractivity contribution >= 4 is 0 Å². The Morgan fingerprint density at radius 2 is 1.19 bits per heavy atom. The zero-order valence-corrected chi connectivity index (χ0v) is 23.5. The molecule has 3 heteroatoms. The third kappa shape index (κ3) is 15.4. The Hall–Kier alpha value is -0.120. The summed E-state index contributed by atoms with van der Waals surface area (Å²) in [5, 5.41) is 0. The highest BCUT2D eigenvalue weighted by Gasteiger charge is 2.28. The van der Waals surface area contributed by atoms with Crippen LogP contribution in [0.5, 0.6) is 0 Å². The predicted molar refractivity (Wildman–Crippen MR) is 140 cm³/mol. The molecule has 0 radical (unpaired) electrons. The van der Waals surface area contributed by atoms with Crippen molar-refractivity contribution < 1.29 is 4.74 Å². The minimum Gasteiger partial charge on any atom is -0.381 e. The summed E-state index contributed by atoms with van der Waals surface area (Å²) in [7, 11) is 4.42. The zero-order chi connectivity index (χ0) is 24.1. The fraction of sp³-hybridized carbons (Fsp3) is 1.00. The summed E-state index contributed by atoms with van der Waals surface area (Å²) in [6.45, 7) is 27.8. The lowest BCUT2D eigenvalue weighted by Crippen LogP contribution is -2.38. The number of likely N-dealkylation sites (tertiary alicyclic amines) is 2. The molecule has 0 aromatic rings. The number of ether oxygens (including phenoxy) is 1. The Bertz CT molecular complexity index is 410. The molecular weight excluding hydrogens is 380 g/mol. The van der Waals surface area contributed by atoms with Crippen molar-refractivity contribution in [2.45, 2.75) is 101 Å². The summed E-state index contributed by atoms with van der Waals surface area (Å²) < 4.78 is 5.29. The first-order valence-electron chi connectivity index (χ1n) is 13.3. The monoisotopic (exact) mass is 440 g/mol. The number of rotatable bonds is 0. The van der Waals surface area contributed by atoms with Crippen molar-refractivity contribution in [3.05, 3.63) is 0 Å². The van der Waals surface area contributed by atoms with E-state index in [0.717, 1.165) is 31.0 Å². The van der Waals surface area contributed by atoms with Gasteiger partial charge in [0.25, 0.3) is 0 Å². The third-order valence-electron chi connectivity index (χ3n) is 6.92. The second-order valence-electron chi connectivity index (χ2n) is 12.6. The molecule has 3 fully saturated rings. The first-order chi connectivity index (χ1) is 14.3. The van der Waals surface area contributed by atoms with Crippen LogP contribution < -0.4 is 0 Å². The van der Waals surface area contributed by atoms with Crippen LogP contribution >= 0.6 is 0 Å². The third-order valence-corrected chi connectivity index (χ3v) is 6.92. The molecule has 2 atom stereocenters. The van der Waals surface area contributed by atoms with Crippen molar-refractivity contribution in [3.63, 3.8) is 0 Å². The summed E-state index contributed by atoms with van der Waals surface area (Å²) >= 11 is 0. The van der Waals surface area contributed by atoms with Crippen LogP contribution in [-0.4, -0.2) is 63.3 Å². The van der Waals surface area contributed by atoms with Crippen LogP contribution in [0.15, 0.2) is 0 Å². The second-order valence-corrected chi connectivity index (χ2v) is 12.6. The van der Waals surface area contributed by atoms with Crippen molar-refractivity contribution in [2.75, 3.05) is 53.5 Å². The zero-order valence-electron chi connectivity index (χ0n) is 23.5. The normalized spacial score (nSPS) is 26.0. The standard InChI is InChI=1S/C10H21N.C9H18O.C6H13N.C3H8/c1-10(2,3)9-6-5-7-11(4)8-9;1-9(2,3)8-4-6-10-7-5-8;1-6-3-4-7(2)5-6;1-3-2/h9H,5-8H2,1-4H3;8H,4-7H2,1-3H3;6H,3-5H2,1-2H3;3H2,1-2H3. The molecule has 0 spiro atoms. The first kappa shape index (κ1) is 30.9. The van der Waals surface area contributed by atoms with Crippen LogP contribution in [0.3, 0.4) is 0 Å². The van der Waals surface area contributed by atoms with Crippen LogP contribution in [0.4, 0.5) is 0 Å². The SMILES string of the molecule is CC(C)(C)C1CCOCC1.CC1CCN(C)C1.CCC.CN1CCCC(C(C)(C)C)C1. The van der Waals surface area contributed by atoms with Crippen LogP contribution in [0.1, 0.15) is 101 Å². The van der Waals surface area contributed by atoms with E-state index in [9.17, 15) is 0 Å². The largest absolute Gasteiger partial charge is 0.381 e. The van der Waals surface area contributed by atoms with Gasteiger partial charge in [0, 0.05) is 26.3 Å². The summed E-state index contributed by atoms with van der Waals surface area (Å²) in [6.07, 6.45) is 7.97. The molecule has 3 aliphatic rings. The van der Waals surface area contributed by atoms with E-state index in [1.54, 1.807) is 0 Å². The molecule has 3 aliphatic heterocycles. The van der Waals surface area contributed by atoms with Gasteiger partial charge in [-0.15, -0.1) is 0 Å². The van der Waals surface area contributed by atoms with E-state index >= 15 is 0 Å². The first-order valence-corrected chi connectivity index (χ1v) is 13.3. The maximum Gasteiger partial charge on any atom is 0.0468 e. The average molecular weight is 441 g/mol. The van der Waals surface area contributed by atoms with Crippen LogP contribution in [-0.2, 0) is 4.74 Å². The minimum atomic E-state index is 0.490. The van der Waals surface area contributed by atoms with Crippen molar-refractivity contribution in [1.29, 1.82) is 0 Å². The highest BCUT2D eigenvalue weighted by molar-refractivity contribution is 4.80. The Kier molecular flexibility index (Phi) is 15.6. The van der Waals surface area contributed by atoms with Gasteiger partial charge in [-0.25, -0.2) is 0 Å². The molecule has 3 saturated heterocycles. The number of hydrogen-bond donors (Lipinski definition) is 0. The van der Waals surface area contributed by atoms with Crippen molar-refractivity contribution in [3.8, 4) is 0 Å². The molecule has 0 amide bonds. The summed E-state index contributed by atoms with van der Waals surface area (Å²) in [4.78, 5) is 4.84. The highest BCUT2D eigenvalue weighted by atomic mass is 16.5. The summed E-state index contributed by atoms with van der Waals surface area (Å²) in [6, 6.07) is 0. The Morgan fingerprint density at radius 3 is 1.45 bits per heavy atom. The maximum atomic E-state index is 5.29. The van der Waals surface area contributed by atoms with Crippen LogP contribution in [0.2, 0.25) is 0 Å². The average Bonchev–Trinajstić information content (AvgIpc) is 3.06. The molecule has 3 rings (SSSR count). The quantitative estimate of drug-likeness (QED) is 0.396. The number of piperidine rings is 1. The number of hydrogen-bond acceptors (Lipinski definition) is 3. The van der Waals surface area contributed by atoms with Gasteiger partial charge in [0.1, 0.15) is 0 Å². The molecule has 3 nitrogen and oxygen atoms in total. The fourth-order valence-electron chi connectivity index (χ4n) is 4.59. The Balaban J connectivity index is 0.000000417. The lowest BCUT2D eigenvalue weighted by molar-refractivity contribution is 0.0286. The molecule has 0 bridgehead atoms. The Morgan fingerprint density at radius 1 is 0.710 bits per heavy atom. The number of nitrogens with zero attached hydrogens (tertiary/aromatic N) is 2.